The predicted molar refractivity (Wildman–Crippen MR) is 84.9 cm³/mol. The zero-order valence-electron chi connectivity index (χ0n) is 12.8. The van der Waals surface area contributed by atoms with Crippen molar-refractivity contribution in [2.24, 2.45) is 5.92 Å². The fourth-order valence-electron chi connectivity index (χ4n) is 3.22. The zero-order valence-corrected chi connectivity index (χ0v) is 13.6. The van der Waals surface area contributed by atoms with E-state index in [1.807, 2.05) is 23.1 Å². The number of benzene rings is 1. The lowest BCUT2D eigenvalue weighted by Gasteiger charge is -2.21. The van der Waals surface area contributed by atoms with E-state index in [1.165, 1.54) is 16.1 Å². The van der Waals surface area contributed by atoms with Gasteiger partial charge in [-0.2, -0.15) is 0 Å². The molecule has 1 saturated carbocycles. The van der Waals surface area contributed by atoms with E-state index in [0.717, 1.165) is 6.42 Å². The maximum Gasteiger partial charge on any atom is 0.226 e. The number of carbonyl (C=O) groups excluding carboxylic acids is 1. The quantitative estimate of drug-likeness (QED) is 0.842. The fraction of sp³-hybridized carbons (Fsp3) is 0.562. The van der Waals surface area contributed by atoms with Crippen LogP contribution in [0.3, 0.4) is 0 Å². The topological polar surface area (TPSA) is 57.7 Å². The van der Waals surface area contributed by atoms with Gasteiger partial charge in [-0.3, -0.25) is 4.79 Å². The molecule has 1 aliphatic carbocycles. The van der Waals surface area contributed by atoms with E-state index in [-0.39, 0.29) is 11.8 Å². The number of sulfonamides is 1. The first-order valence-corrected chi connectivity index (χ1v) is 9.60. The van der Waals surface area contributed by atoms with E-state index in [1.54, 1.807) is 0 Å². The molecule has 6 heteroatoms. The van der Waals surface area contributed by atoms with Crippen molar-refractivity contribution in [2.75, 3.05) is 32.4 Å². The van der Waals surface area contributed by atoms with E-state index in [9.17, 15) is 13.2 Å². The molecule has 2 fully saturated rings. The zero-order chi connectivity index (χ0) is 15.7. The minimum Gasteiger partial charge on any atom is -0.341 e. The number of nitrogens with zero attached hydrogens (tertiary/aromatic N) is 2. The number of carbonyl (C=O) groups is 1. The van der Waals surface area contributed by atoms with Crippen molar-refractivity contribution in [1.29, 1.82) is 0 Å². The summed E-state index contributed by atoms with van der Waals surface area (Å²) >= 11 is 0. The first kappa shape index (κ1) is 15.5. The van der Waals surface area contributed by atoms with Crippen molar-refractivity contribution in [3.05, 3.63) is 35.9 Å². The van der Waals surface area contributed by atoms with E-state index < -0.39 is 10.0 Å². The second-order valence-electron chi connectivity index (χ2n) is 6.20. The van der Waals surface area contributed by atoms with Gasteiger partial charge in [-0.05, 0) is 24.3 Å². The molecule has 2 atom stereocenters. The molecule has 120 valence electrons. The summed E-state index contributed by atoms with van der Waals surface area (Å²) in [4.78, 5) is 14.5. The minimum atomic E-state index is -3.16. The highest BCUT2D eigenvalue weighted by Gasteiger charge is 2.45. The molecule has 0 unspecified atom stereocenters. The van der Waals surface area contributed by atoms with Gasteiger partial charge in [0.05, 0.1) is 6.26 Å². The normalized spacial score (nSPS) is 26.5. The molecule has 0 N–H and O–H groups in total. The van der Waals surface area contributed by atoms with Crippen molar-refractivity contribution < 1.29 is 13.2 Å². The highest BCUT2D eigenvalue weighted by molar-refractivity contribution is 7.88. The Labute approximate surface area is 132 Å². The minimum absolute atomic E-state index is 0.0761. The summed E-state index contributed by atoms with van der Waals surface area (Å²) in [5.74, 6) is 0.597. The molecule has 0 aromatic heterocycles. The molecule has 1 aromatic carbocycles. The van der Waals surface area contributed by atoms with Gasteiger partial charge in [0.2, 0.25) is 15.9 Å². The molecular formula is C16H22N2O3S. The van der Waals surface area contributed by atoms with Crippen LogP contribution in [0, 0.1) is 5.92 Å². The second-order valence-corrected chi connectivity index (χ2v) is 8.18. The Balaban J connectivity index is 1.60. The third-order valence-electron chi connectivity index (χ3n) is 4.57. The van der Waals surface area contributed by atoms with Gasteiger partial charge in [0.1, 0.15) is 0 Å². The molecule has 1 aromatic rings. The van der Waals surface area contributed by atoms with Gasteiger partial charge >= 0.3 is 0 Å². The molecule has 5 nitrogen and oxygen atoms in total. The van der Waals surface area contributed by atoms with Crippen molar-refractivity contribution in [2.45, 2.75) is 18.8 Å². The molecule has 3 rings (SSSR count). The van der Waals surface area contributed by atoms with Crippen LogP contribution >= 0.6 is 0 Å². The molecule has 0 bridgehead atoms. The van der Waals surface area contributed by atoms with Crippen LogP contribution in [0.25, 0.3) is 0 Å². The van der Waals surface area contributed by atoms with Crippen LogP contribution in [-0.2, 0) is 14.8 Å². The van der Waals surface area contributed by atoms with Crippen molar-refractivity contribution in [3.63, 3.8) is 0 Å². The Bertz CT molecular complexity index is 645. The van der Waals surface area contributed by atoms with Crippen molar-refractivity contribution in [1.82, 2.24) is 9.21 Å². The number of hydrogen-bond acceptors (Lipinski definition) is 3. The van der Waals surface area contributed by atoms with Gasteiger partial charge in [-0.15, -0.1) is 0 Å². The van der Waals surface area contributed by atoms with Crippen molar-refractivity contribution in [3.8, 4) is 0 Å². The Morgan fingerprint density at radius 2 is 1.82 bits per heavy atom. The SMILES string of the molecule is CS(=O)(=O)N1CCCN(C(=O)[C@H]2C[C@H]2c2ccccc2)CC1. The lowest BCUT2D eigenvalue weighted by molar-refractivity contribution is -0.132. The Kier molecular flexibility index (Phi) is 4.23. The molecule has 2 aliphatic rings. The molecule has 1 saturated heterocycles. The van der Waals surface area contributed by atoms with E-state index in [0.29, 0.717) is 38.5 Å². The monoisotopic (exact) mass is 322 g/mol. The third-order valence-corrected chi connectivity index (χ3v) is 5.87. The Morgan fingerprint density at radius 3 is 2.50 bits per heavy atom. The molecule has 1 heterocycles. The molecule has 1 aliphatic heterocycles. The van der Waals surface area contributed by atoms with Crippen LogP contribution in [0.4, 0.5) is 0 Å². The first-order valence-electron chi connectivity index (χ1n) is 7.75. The van der Waals surface area contributed by atoms with Crippen LogP contribution in [0.2, 0.25) is 0 Å². The van der Waals surface area contributed by atoms with Gasteiger partial charge in [0, 0.05) is 32.1 Å². The van der Waals surface area contributed by atoms with Crippen LogP contribution in [0.15, 0.2) is 30.3 Å². The molecule has 0 radical (unpaired) electrons. The number of amides is 1. The lowest BCUT2D eigenvalue weighted by atomic mass is 10.1. The summed E-state index contributed by atoms with van der Waals surface area (Å²) in [5, 5.41) is 0. The molecule has 1 amide bonds. The number of hydrogen-bond donors (Lipinski definition) is 0. The molecule has 22 heavy (non-hydrogen) atoms. The smallest absolute Gasteiger partial charge is 0.226 e. The third kappa shape index (κ3) is 3.33. The van der Waals surface area contributed by atoms with Crippen LogP contribution < -0.4 is 0 Å². The highest BCUT2D eigenvalue weighted by atomic mass is 32.2. The van der Waals surface area contributed by atoms with Crippen LogP contribution in [0.5, 0.6) is 0 Å². The Morgan fingerprint density at radius 1 is 1.09 bits per heavy atom. The molecular weight excluding hydrogens is 300 g/mol. The average molecular weight is 322 g/mol. The van der Waals surface area contributed by atoms with Gasteiger partial charge in [0.25, 0.3) is 0 Å². The fourth-order valence-corrected chi connectivity index (χ4v) is 4.09. The molecule has 0 spiro atoms. The summed E-state index contributed by atoms with van der Waals surface area (Å²) in [6.45, 7) is 2.08. The summed E-state index contributed by atoms with van der Waals surface area (Å²) in [6, 6.07) is 10.1. The summed E-state index contributed by atoms with van der Waals surface area (Å²) in [7, 11) is -3.16. The van der Waals surface area contributed by atoms with Gasteiger partial charge < -0.3 is 4.90 Å². The summed E-state index contributed by atoms with van der Waals surface area (Å²) in [6.07, 6.45) is 2.85. The van der Waals surface area contributed by atoms with Gasteiger partial charge in [0.15, 0.2) is 0 Å². The largest absolute Gasteiger partial charge is 0.341 e. The first-order chi connectivity index (χ1) is 10.5. The highest BCUT2D eigenvalue weighted by Crippen LogP contribution is 2.48. The maximum atomic E-state index is 12.6. The lowest BCUT2D eigenvalue weighted by Crippen LogP contribution is -2.37. The van der Waals surface area contributed by atoms with E-state index in [4.69, 9.17) is 0 Å². The van der Waals surface area contributed by atoms with Crippen LogP contribution in [0.1, 0.15) is 24.3 Å². The predicted octanol–water partition coefficient (Wildman–Crippen LogP) is 1.28. The summed E-state index contributed by atoms with van der Waals surface area (Å²) < 4.78 is 24.7. The summed E-state index contributed by atoms with van der Waals surface area (Å²) in [5.41, 5.74) is 1.23. The van der Waals surface area contributed by atoms with Crippen molar-refractivity contribution >= 4 is 15.9 Å². The standard InChI is InChI=1S/C16H22N2O3S/c1-22(20,21)18-9-5-8-17(10-11-18)16(19)15-12-14(15)13-6-3-2-4-7-13/h2-4,6-7,14-15H,5,8-12H2,1H3/t14-,15-/m0/s1. The Hall–Kier alpha value is -1.40. The van der Waals surface area contributed by atoms with Gasteiger partial charge in [-0.25, -0.2) is 12.7 Å². The average Bonchev–Trinajstić information content (AvgIpc) is 3.30. The van der Waals surface area contributed by atoms with E-state index >= 15 is 0 Å². The van der Waals surface area contributed by atoms with E-state index in [2.05, 4.69) is 12.1 Å². The van der Waals surface area contributed by atoms with Crippen LogP contribution in [-0.4, -0.2) is 56.0 Å². The van der Waals surface area contributed by atoms with Gasteiger partial charge in [-0.1, -0.05) is 30.3 Å². The number of rotatable bonds is 3. The second kappa shape index (κ2) is 6.01. The maximum absolute atomic E-state index is 12.6.